The van der Waals surface area contributed by atoms with Crippen molar-refractivity contribution in [2.24, 2.45) is 5.41 Å². The Kier molecular flexibility index (Phi) is 3.15. The summed E-state index contributed by atoms with van der Waals surface area (Å²) in [6.07, 6.45) is 0.957. The first-order chi connectivity index (χ1) is 9.72. The molecule has 0 radical (unpaired) electrons. The third kappa shape index (κ3) is 2.25. The van der Waals surface area contributed by atoms with Gasteiger partial charge in [0.2, 0.25) is 0 Å². The van der Waals surface area contributed by atoms with Gasteiger partial charge in [0, 0.05) is 0 Å². The van der Waals surface area contributed by atoms with E-state index in [2.05, 4.69) is 6.07 Å². The number of hydrogen-bond donors (Lipinski definition) is 0. The lowest BCUT2D eigenvalue weighted by atomic mass is 9.77. The van der Waals surface area contributed by atoms with Crippen molar-refractivity contribution in [2.45, 2.75) is 12.8 Å². The third-order valence-electron chi connectivity index (χ3n) is 3.73. The van der Waals surface area contributed by atoms with Gasteiger partial charge in [-0.05, 0) is 36.1 Å². The van der Waals surface area contributed by atoms with Gasteiger partial charge in [0.15, 0.2) is 0 Å². The molecule has 0 N–H and O–H groups in total. The fraction of sp³-hybridized carbons (Fsp3) is 0.235. The number of nitrogens with zero attached hydrogens (tertiary/aromatic N) is 1. The topological polar surface area (TPSA) is 33.0 Å². The van der Waals surface area contributed by atoms with Crippen molar-refractivity contribution in [2.75, 3.05) is 6.61 Å². The zero-order valence-electron chi connectivity index (χ0n) is 11.0. The van der Waals surface area contributed by atoms with Crippen molar-refractivity contribution in [3.63, 3.8) is 0 Å². The Hall–Kier alpha value is -2.34. The number of rotatable bonds is 2. The lowest BCUT2D eigenvalue weighted by molar-refractivity contribution is 0.168. The molecule has 0 bridgehead atoms. The molecule has 0 aliphatic carbocycles. The number of nitriles is 1. The Morgan fingerprint density at radius 3 is 2.70 bits per heavy atom. The van der Waals surface area contributed by atoms with Gasteiger partial charge in [0.05, 0.1) is 11.5 Å². The molecule has 1 aliphatic rings. The molecule has 100 valence electrons. The minimum absolute atomic E-state index is 0.263. The zero-order chi connectivity index (χ0) is 14.0. The molecule has 2 nitrogen and oxygen atoms in total. The summed E-state index contributed by atoms with van der Waals surface area (Å²) < 4.78 is 19.5. The van der Waals surface area contributed by atoms with Crippen LogP contribution in [0.15, 0.2) is 48.5 Å². The largest absolute Gasteiger partial charge is 0.492 e. The number of ether oxygens (including phenoxy) is 1. The van der Waals surface area contributed by atoms with Crippen LogP contribution in [0.1, 0.15) is 11.1 Å². The molecule has 0 spiro atoms. The molecule has 3 heteroatoms. The predicted molar refractivity (Wildman–Crippen MR) is 73.8 cm³/mol. The highest BCUT2D eigenvalue weighted by Gasteiger charge is 2.37. The van der Waals surface area contributed by atoms with E-state index in [1.165, 1.54) is 6.07 Å². The van der Waals surface area contributed by atoms with Crippen LogP contribution in [-0.4, -0.2) is 6.61 Å². The van der Waals surface area contributed by atoms with Crippen LogP contribution in [0.2, 0.25) is 0 Å². The van der Waals surface area contributed by atoms with Crippen molar-refractivity contribution in [1.29, 1.82) is 5.26 Å². The van der Waals surface area contributed by atoms with Crippen LogP contribution >= 0.6 is 0 Å². The van der Waals surface area contributed by atoms with Crippen LogP contribution in [-0.2, 0) is 12.8 Å². The van der Waals surface area contributed by atoms with Crippen LogP contribution < -0.4 is 4.74 Å². The lowest BCUT2D eigenvalue weighted by Gasteiger charge is -2.32. The summed E-state index contributed by atoms with van der Waals surface area (Å²) in [5, 5.41) is 9.57. The number of fused-ring (bicyclic) bond motifs is 1. The van der Waals surface area contributed by atoms with Gasteiger partial charge in [0.25, 0.3) is 0 Å². The fourth-order valence-electron chi connectivity index (χ4n) is 2.65. The standard InChI is InChI=1S/C17H14FNO/c18-15-7-3-1-5-13(15)9-17(11-19)10-14-6-2-4-8-16(14)20-12-17/h1-8H,9-10,12H2. The Morgan fingerprint density at radius 2 is 1.90 bits per heavy atom. The van der Waals surface area contributed by atoms with E-state index < -0.39 is 5.41 Å². The summed E-state index contributed by atoms with van der Waals surface area (Å²) in [5.41, 5.74) is 0.880. The van der Waals surface area contributed by atoms with Gasteiger partial charge < -0.3 is 4.74 Å². The van der Waals surface area contributed by atoms with E-state index in [0.717, 1.165) is 11.3 Å². The van der Waals surface area contributed by atoms with Crippen LogP contribution in [0.4, 0.5) is 4.39 Å². The predicted octanol–water partition coefficient (Wildman–Crippen LogP) is 3.51. The van der Waals surface area contributed by atoms with E-state index in [-0.39, 0.29) is 5.82 Å². The monoisotopic (exact) mass is 267 g/mol. The summed E-state index contributed by atoms with van der Waals surface area (Å²) in [6.45, 7) is 0.300. The van der Waals surface area contributed by atoms with E-state index >= 15 is 0 Å². The summed E-state index contributed by atoms with van der Waals surface area (Å²) in [4.78, 5) is 0. The number of para-hydroxylation sites is 1. The Balaban J connectivity index is 1.91. The number of hydrogen-bond acceptors (Lipinski definition) is 2. The zero-order valence-corrected chi connectivity index (χ0v) is 11.0. The maximum Gasteiger partial charge on any atom is 0.126 e. The summed E-state index contributed by atoms with van der Waals surface area (Å²) in [6, 6.07) is 16.7. The summed E-state index contributed by atoms with van der Waals surface area (Å²) in [7, 11) is 0. The highest BCUT2D eigenvalue weighted by atomic mass is 19.1. The quantitative estimate of drug-likeness (QED) is 0.834. The highest BCUT2D eigenvalue weighted by molar-refractivity contribution is 5.38. The van der Waals surface area contributed by atoms with Crippen LogP contribution in [0, 0.1) is 22.6 Å². The molecule has 1 atom stereocenters. The maximum atomic E-state index is 13.8. The van der Waals surface area contributed by atoms with Crippen molar-refractivity contribution < 1.29 is 9.13 Å². The van der Waals surface area contributed by atoms with Gasteiger partial charge >= 0.3 is 0 Å². The van der Waals surface area contributed by atoms with Crippen molar-refractivity contribution in [3.8, 4) is 11.8 Å². The molecule has 0 saturated heterocycles. The molecule has 1 unspecified atom stereocenters. The Labute approximate surface area is 117 Å². The highest BCUT2D eigenvalue weighted by Crippen LogP contribution is 2.36. The molecule has 0 fully saturated rings. The molecule has 2 aromatic carbocycles. The fourth-order valence-corrected chi connectivity index (χ4v) is 2.65. The minimum atomic E-state index is -0.698. The SMILES string of the molecule is N#CC1(Cc2ccccc2F)COc2ccccc2C1. The second-order valence-electron chi connectivity index (χ2n) is 5.23. The molecular formula is C17H14FNO. The van der Waals surface area contributed by atoms with E-state index in [1.807, 2.05) is 24.3 Å². The summed E-state index contributed by atoms with van der Waals surface area (Å²) in [5.74, 6) is 0.563. The number of benzene rings is 2. The average molecular weight is 267 g/mol. The first-order valence-corrected chi connectivity index (χ1v) is 6.58. The van der Waals surface area contributed by atoms with Crippen molar-refractivity contribution in [3.05, 3.63) is 65.5 Å². The molecule has 1 heterocycles. The van der Waals surface area contributed by atoms with Crippen LogP contribution in [0.3, 0.4) is 0 Å². The van der Waals surface area contributed by atoms with E-state index in [4.69, 9.17) is 4.74 Å². The molecule has 20 heavy (non-hydrogen) atoms. The molecule has 2 aromatic rings. The van der Waals surface area contributed by atoms with Crippen LogP contribution in [0.5, 0.6) is 5.75 Å². The Bertz CT molecular complexity index is 677. The normalized spacial score (nSPS) is 20.6. The van der Waals surface area contributed by atoms with Crippen LogP contribution in [0.25, 0.3) is 0 Å². The smallest absolute Gasteiger partial charge is 0.126 e. The second-order valence-corrected chi connectivity index (χ2v) is 5.23. The van der Waals surface area contributed by atoms with Crippen molar-refractivity contribution in [1.82, 2.24) is 0 Å². The van der Waals surface area contributed by atoms with Gasteiger partial charge in [-0.3, -0.25) is 0 Å². The minimum Gasteiger partial charge on any atom is -0.492 e. The van der Waals surface area contributed by atoms with E-state index in [9.17, 15) is 9.65 Å². The maximum absolute atomic E-state index is 13.8. The lowest BCUT2D eigenvalue weighted by Crippen LogP contribution is -2.35. The van der Waals surface area contributed by atoms with E-state index in [0.29, 0.717) is 25.0 Å². The van der Waals surface area contributed by atoms with Crippen molar-refractivity contribution >= 4 is 0 Å². The van der Waals surface area contributed by atoms with Gasteiger partial charge in [0.1, 0.15) is 18.2 Å². The molecule has 0 aromatic heterocycles. The first-order valence-electron chi connectivity index (χ1n) is 6.58. The Morgan fingerprint density at radius 1 is 1.15 bits per heavy atom. The molecule has 0 amide bonds. The average Bonchev–Trinajstić information content (AvgIpc) is 2.49. The third-order valence-corrected chi connectivity index (χ3v) is 3.73. The van der Waals surface area contributed by atoms with Gasteiger partial charge in [-0.1, -0.05) is 36.4 Å². The van der Waals surface area contributed by atoms with Gasteiger partial charge in [-0.2, -0.15) is 5.26 Å². The van der Waals surface area contributed by atoms with E-state index in [1.54, 1.807) is 18.2 Å². The van der Waals surface area contributed by atoms with Gasteiger partial charge in [-0.25, -0.2) is 4.39 Å². The molecule has 3 rings (SSSR count). The second kappa shape index (κ2) is 4.97. The molecule has 1 aliphatic heterocycles. The molecule has 0 saturated carbocycles. The van der Waals surface area contributed by atoms with Gasteiger partial charge in [-0.15, -0.1) is 0 Å². The number of halogens is 1. The molecular weight excluding hydrogens is 253 g/mol. The summed E-state index contributed by atoms with van der Waals surface area (Å²) >= 11 is 0. The first kappa shape index (κ1) is 12.7.